The summed E-state index contributed by atoms with van der Waals surface area (Å²) in [6.07, 6.45) is 3.99. The van der Waals surface area contributed by atoms with Crippen molar-refractivity contribution in [2.45, 2.75) is 26.2 Å². The molecule has 0 atom stereocenters. The van der Waals surface area contributed by atoms with Crippen LogP contribution in [0.25, 0.3) is 11.4 Å². The molecule has 0 N–H and O–H groups in total. The normalized spacial score (nSPS) is 13.6. The lowest BCUT2D eigenvalue weighted by atomic mass is 9.96. The highest BCUT2D eigenvalue weighted by molar-refractivity contribution is 5.96. The number of carbonyl (C=O) groups excluding carboxylic acids is 2. The molecule has 1 aliphatic rings. The van der Waals surface area contributed by atoms with Gasteiger partial charge in [-0.1, -0.05) is 12.1 Å². The number of hydrogen-bond acceptors (Lipinski definition) is 5. The first kappa shape index (κ1) is 14.4. The molecule has 1 aliphatic carbocycles. The van der Waals surface area contributed by atoms with Crippen molar-refractivity contribution < 1.29 is 14.3 Å². The van der Waals surface area contributed by atoms with Crippen LogP contribution in [0.1, 0.15) is 46.2 Å². The third-order valence-electron chi connectivity index (χ3n) is 3.63. The second kappa shape index (κ2) is 6.05. The van der Waals surface area contributed by atoms with Gasteiger partial charge in [0.2, 0.25) is 0 Å². The van der Waals surface area contributed by atoms with Crippen LogP contribution in [-0.2, 0) is 11.2 Å². The van der Waals surface area contributed by atoms with Crippen molar-refractivity contribution in [3.63, 3.8) is 0 Å². The lowest BCUT2D eigenvalue weighted by Gasteiger charge is -2.13. The number of aryl methyl sites for hydroxylation is 1. The van der Waals surface area contributed by atoms with Gasteiger partial charge in [0, 0.05) is 18.2 Å². The molecular weight excluding hydrogens is 280 g/mol. The highest BCUT2D eigenvalue weighted by atomic mass is 16.5. The Hall–Kier alpha value is -2.56. The number of carbonyl (C=O) groups is 2. The Kier molecular flexibility index (Phi) is 3.96. The molecule has 0 bridgehead atoms. The van der Waals surface area contributed by atoms with Gasteiger partial charge in [-0.2, -0.15) is 0 Å². The molecule has 1 heterocycles. The van der Waals surface area contributed by atoms with E-state index in [0.29, 0.717) is 30.1 Å². The van der Waals surface area contributed by atoms with E-state index < -0.39 is 0 Å². The fourth-order valence-electron chi connectivity index (χ4n) is 2.50. The SMILES string of the molecule is CCOC(=O)c1ccc(-c2ncc3c(n2)C(=O)CCC3)cc1. The average Bonchev–Trinajstić information content (AvgIpc) is 2.55. The van der Waals surface area contributed by atoms with Crippen LogP contribution in [0.4, 0.5) is 0 Å². The third kappa shape index (κ3) is 2.74. The summed E-state index contributed by atoms with van der Waals surface area (Å²) in [5.74, 6) is 0.230. The Morgan fingerprint density at radius 1 is 1.23 bits per heavy atom. The van der Waals surface area contributed by atoms with Gasteiger partial charge < -0.3 is 4.74 Å². The molecule has 112 valence electrons. The Morgan fingerprint density at radius 2 is 2.00 bits per heavy atom. The maximum atomic E-state index is 11.9. The molecule has 1 aromatic carbocycles. The van der Waals surface area contributed by atoms with Crippen molar-refractivity contribution in [1.29, 1.82) is 0 Å². The predicted molar refractivity (Wildman–Crippen MR) is 80.7 cm³/mol. The van der Waals surface area contributed by atoms with Gasteiger partial charge in [-0.05, 0) is 37.5 Å². The minimum absolute atomic E-state index is 0.0769. The van der Waals surface area contributed by atoms with E-state index in [4.69, 9.17) is 4.74 Å². The van der Waals surface area contributed by atoms with Gasteiger partial charge in [0.1, 0.15) is 5.69 Å². The Morgan fingerprint density at radius 3 is 2.73 bits per heavy atom. The number of esters is 1. The number of hydrogen-bond donors (Lipinski definition) is 0. The second-order valence-electron chi connectivity index (χ2n) is 5.14. The monoisotopic (exact) mass is 296 g/mol. The fraction of sp³-hybridized carbons (Fsp3) is 0.294. The van der Waals surface area contributed by atoms with Crippen LogP contribution in [0.3, 0.4) is 0 Å². The molecule has 0 aliphatic heterocycles. The number of ether oxygens (including phenoxy) is 1. The summed E-state index contributed by atoms with van der Waals surface area (Å²) < 4.78 is 4.95. The number of rotatable bonds is 3. The van der Waals surface area contributed by atoms with Gasteiger partial charge in [-0.3, -0.25) is 4.79 Å². The molecule has 0 fully saturated rings. The largest absolute Gasteiger partial charge is 0.462 e. The molecule has 3 rings (SSSR count). The first-order valence-electron chi connectivity index (χ1n) is 7.35. The Balaban J connectivity index is 1.90. The summed E-state index contributed by atoms with van der Waals surface area (Å²) in [5, 5.41) is 0. The van der Waals surface area contributed by atoms with Crippen LogP contribution in [0, 0.1) is 0 Å². The van der Waals surface area contributed by atoms with Gasteiger partial charge in [-0.15, -0.1) is 0 Å². The van der Waals surface area contributed by atoms with Crippen LogP contribution in [0.2, 0.25) is 0 Å². The summed E-state index contributed by atoms with van der Waals surface area (Å²) in [5.41, 5.74) is 2.71. The van der Waals surface area contributed by atoms with Crippen LogP contribution in [-0.4, -0.2) is 28.3 Å². The summed E-state index contributed by atoms with van der Waals surface area (Å²) in [6, 6.07) is 6.89. The molecular formula is C17H16N2O3. The van der Waals surface area contributed by atoms with Gasteiger partial charge in [0.15, 0.2) is 11.6 Å². The zero-order valence-electron chi connectivity index (χ0n) is 12.3. The van der Waals surface area contributed by atoms with Crippen LogP contribution in [0.5, 0.6) is 0 Å². The molecule has 5 nitrogen and oxygen atoms in total. The van der Waals surface area contributed by atoms with Gasteiger partial charge >= 0.3 is 5.97 Å². The standard InChI is InChI=1S/C17H16N2O3/c1-2-22-17(21)12-8-6-11(7-9-12)16-18-10-13-4-3-5-14(20)15(13)19-16/h6-10H,2-5H2,1H3. The van der Waals surface area contributed by atoms with Crippen molar-refractivity contribution in [3.8, 4) is 11.4 Å². The van der Waals surface area contributed by atoms with E-state index in [1.54, 1.807) is 37.4 Å². The van der Waals surface area contributed by atoms with Crippen molar-refractivity contribution in [1.82, 2.24) is 9.97 Å². The van der Waals surface area contributed by atoms with E-state index in [1.165, 1.54) is 0 Å². The van der Waals surface area contributed by atoms with Crippen molar-refractivity contribution in [3.05, 3.63) is 47.3 Å². The first-order valence-corrected chi connectivity index (χ1v) is 7.35. The van der Waals surface area contributed by atoms with Crippen LogP contribution in [0.15, 0.2) is 30.5 Å². The topological polar surface area (TPSA) is 69.2 Å². The molecule has 0 amide bonds. The molecule has 0 spiro atoms. The first-order chi connectivity index (χ1) is 10.7. The van der Waals surface area contributed by atoms with Crippen molar-refractivity contribution >= 4 is 11.8 Å². The Bertz CT molecular complexity index is 723. The lowest BCUT2D eigenvalue weighted by Crippen LogP contribution is -2.14. The average molecular weight is 296 g/mol. The summed E-state index contributed by atoms with van der Waals surface area (Å²) in [7, 11) is 0. The summed E-state index contributed by atoms with van der Waals surface area (Å²) in [6.45, 7) is 2.11. The number of ketones is 1. The molecule has 22 heavy (non-hydrogen) atoms. The van der Waals surface area contributed by atoms with Crippen LogP contribution >= 0.6 is 0 Å². The molecule has 1 aromatic heterocycles. The number of Topliss-reactive ketones (excluding diaryl/α,β-unsaturated/α-hetero) is 1. The van der Waals surface area contributed by atoms with Gasteiger partial charge in [0.05, 0.1) is 12.2 Å². The maximum Gasteiger partial charge on any atom is 0.338 e. The molecule has 0 saturated heterocycles. The van der Waals surface area contributed by atoms with E-state index >= 15 is 0 Å². The zero-order chi connectivity index (χ0) is 15.5. The number of fused-ring (bicyclic) bond motifs is 1. The van der Waals surface area contributed by atoms with Crippen molar-refractivity contribution in [2.75, 3.05) is 6.61 Å². The molecule has 0 unspecified atom stereocenters. The number of nitrogens with zero attached hydrogens (tertiary/aromatic N) is 2. The van der Waals surface area contributed by atoms with E-state index in [-0.39, 0.29) is 11.8 Å². The second-order valence-corrected chi connectivity index (χ2v) is 5.14. The van der Waals surface area contributed by atoms with Crippen molar-refractivity contribution in [2.24, 2.45) is 0 Å². The summed E-state index contributed by atoms with van der Waals surface area (Å²) in [4.78, 5) is 32.3. The molecule has 0 saturated carbocycles. The molecule has 5 heteroatoms. The fourth-order valence-corrected chi connectivity index (χ4v) is 2.50. The quantitative estimate of drug-likeness (QED) is 0.815. The van der Waals surface area contributed by atoms with Gasteiger partial charge in [0.25, 0.3) is 0 Å². The predicted octanol–water partition coefficient (Wildman–Crippen LogP) is 2.84. The lowest BCUT2D eigenvalue weighted by molar-refractivity contribution is 0.0526. The highest BCUT2D eigenvalue weighted by Crippen LogP contribution is 2.22. The third-order valence-corrected chi connectivity index (χ3v) is 3.63. The minimum Gasteiger partial charge on any atom is -0.462 e. The van der Waals surface area contributed by atoms with Crippen LogP contribution < -0.4 is 0 Å². The number of benzene rings is 1. The van der Waals surface area contributed by atoms with E-state index in [0.717, 1.165) is 24.0 Å². The Labute approximate surface area is 128 Å². The molecule has 0 radical (unpaired) electrons. The molecule has 2 aromatic rings. The van der Waals surface area contributed by atoms with Gasteiger partial charge in [-0.25, -0.2) is 14.8 Å². The number of aromatic nitrogens is 2. The zero-order valence-corrected chi connectivity index (χ0v) is 12.3. The smallest absolute Gasteiger partial charge is 0.338 e. The minimum atomic E-state index is -0.351. The van der Waals surface area contributed by atoms with E-state index in [2.05, 4.69) is 9.97 Å². The van der Waals surface area contributed by atoms with E-state index in [9.17, 15) is 9.59 Å². The maximum absolute atomic E-state index is 11.9. The highest BCUT2D eigenvalue weighted by Gasteiger charge is 2.20. The van der Waals surface area contributed by atoms with E-state index in [1.807, 2.05) is 0 Å². The summed E-state index contributed by atoms with van der Waals surface area (Å²) >= 11 is 0.